The molecule has 1 aliphatic rings. The molecule has 192 valence electrons. The van der Waals surface area contributed by atoms with Gasteiger partial charge in [-0.05, 0) is 39.2 Å². The minimum absolute atomic E-state index is 0.0191. The lowest BCUT2D eigenvalue weighted by Crippen LogP contribution is -2.35. The maximum Gasteiger partial charge on any atom is 0.408 e. The van der Waals surface area contributed by atoms with Crippen molar-refractivity contribution in [3.05, 3.63) is 28.5 Å². The topological polar surface area (TPSA) is 84.4 Å². The Hall–Kier alpha value is -2.83. The molecule has 1 amide bonds. The molecule has 0 saturated carbocycles. The molecule has 2 aromatic heterocycles. The standard InChI is InChI=1S/C22H25F5N4O3S/c1-4-14(22(25,26)27)29-15-9-12(18(23)24)13(10-28-15)17-16(20(32)31-8-6-7-11(31)3)30-19(35-17)21(33)34-5-2/h9-11,14,18H,4-8H2,1-3H3,(H,28,29)/t11-,14+/m0/s1. The van der Waals surface area contributed by atoms with Gasteiger partial charge < -0.3 is 15.0 Å². The van der Waals surface area contributed by atoms with Crippen LogP contribution < -0.4 is 5.32 Å². The molecule has 7 nitrogen and oxygen atoms in total. The van der Waals surface area contributed by atoms with Crippen molar-refractivity contribution in [2.45, 2.75) is 64.7 Å². The van der Waals surface area contributed by atoms with Gasteiger partial charge in [-0.2, -0.15) is 13.2 Å². The zero-order valence-corrected chi connectivity index (χ0v) is 20.1. The van der Waals surface area contributed by atoms with Gasteiger partial charge in [-0.3, -0.25) is 4.79 Å². The number of aromatic nitrogens is 2. The molecule has 2 aromatic rings. The number of amides is 1. The predicted molar refractivity (Wildman–Crippen MR) is 120 cm³/mol. The number of hydrogen-bond acceptors (Lipinski definition) is 7. The SMILES string of the molecule is CCOC(=O)c1nc(C(=O)N2CCC[C@@H]2C)c(-c2cnc(N[C@H](CC)C(F)(F)F)cc2C(F)F)s1. The van der Waals surface area contributed by atoms with Crippen LogP contribution in [0.1, 0.15) is 72.3 Å². The van der Waals surface area contributed by atoms with Gasteiger partial charge >= 0.3 is 12.1 Å². The molecule has 2 atom stereocenters. The average molecular weight is 521 g/mol. The van der Waals surface area contributed by atoms with E-state index in [-0.39, 0.29) is 46.0 Å². The molecule has 1 N–H and O–H groups in total. The Labute approximate surface area is 202 Å². The number of nitrogens with zero attached hydrogens (tertiary/aromatic N) is 3. The summed E-state index contributed by atoms with van der Waals surface area (Å²) >= 11 is 0.702. The van der Waals surface area contributed by atoms with Crippen LogP contribution in [0.3, 0.4) is 0 Å². The van der Waals surface area contributed by atoms with Crippen LogP contribution in [0.2, 0.25) is 0 Å². The predicted octanol–water partition coefficient (Wildman–Crippen LogP) is 5.70. The number of ether oxygens (including phenoxy) is 1. The number of anilines is 1. The minimum atomic E-state index is -4.60. The Morgan fingerprint density at radius 1 is 1.31 bits per heavy atom. The normalized spacial score (nSPS) is 17.1. The van der Waals surface area contributed by atoms with Gasteiger partial charge in [0.1, 0.15) is 17.6 Å². The van der Waals surface area contributed by atoms with E-state index in [1.165, 1.54) is 6.92 Å². The smallest absolute Gasteiger partial charge is 0.408 e. The van der Waals surface area contributed by atoms with Crippen LogP contribution in [-0.2, 0) is 4.74 Å². The molecule has 1 fully saturated rings. The van der Waals surface area contributed by atoms with Gasteiger partial charge in [0.25, 0.3) is 12.3 Å². The van der Waals surface area contributed by atoms with Crippen molar-refractivity contribution in [3.63, 3.8) is 0 Å². The summed E-state index contributed by atoms with van der Waals surface area (Å²) in [7, 11) is 0. The van der Waals surface area contributed by atoms with Crippen LogP contribution >= 0.6 is 11.3 Å². The van der Waals surface area contributed by atoms with E-state index in [9.17, 15) is 31.5 Å². The van der Waals surface area contributed by atoms with E-state index >= 15 is 0 Å². The third-order valence-corrected chi connectivity index (χ3v) is 6.70. The summed E-state index contributed by atoms with van der Waals surface area (Å²) in [5, 5.41) is 1.95. The maximum atomic E-state index is 14.0. The number of carbonyl (C=O) groups excluding carboxylic acids is 2. The van der Waals surface area contributed by atoms with Gasteiger partial charge in [-0.25, -0.2) is 23.5 Å². The molecule has 35 heavy (non-hydrogen) atoms. The number of alkyl halides is 5. The molecule has 0 radical (unpaired) electrons. The van der Waals surface area contributed by atoms with Crippen LogP contribution in [0.25, 0.3) is 10.4 Å². The van der Waals surface area contributed by atoms with Gasteiger partial charge in [0, 0.05) is 29.9 Å². The molecule has 0 aliphatic carbocycles. The number of hydrogen-bond donors (Lipinski definition) is 1. The highest BCUT2D eigenvalue weighted by Crippen LogP contribution is 2.39. The van der Waals surface area contributed by atoms with Crippen LogP contribution in [0.4, 0.5) is 27.8 Å². The van der Waals surface area contributed by atoms with Crippen LogP contribution in [0.15, 0.2) is 12.3 Å². The molecule has 1 aliphatic heterocycles. The number of rotatable bonds is 8. The molecular formula is C22H25F5N4O3S. The second-order valence-corrected chi connectivity index (χ2v) is 9.01. The van der Waals surface area contributed by atoms with Gasteiger partial charge in [0.2, 0.25) is 5.01 Å². The van der Waals surface area contributed by atoms with E-state index in [0.29, 0.717) is 17.9 Å². The van der Waals surface area contributed by atoms with E-state index in [1.807, 2.05) is 6.92 Å². The second-order valence-electron chi connectivity index (χ2n) is 8.01. The first-order valence-corrected chi connectivity index (χ1v) is 11.9. The van der Waals surface area contributed by atoms with Crippen molar-refractivity contribution >= 4 is 29.0 Å². The fraction of sp³-hybridized carbons (Fsp3) is 0.545. The Morgan fingerprint density at radius 2 is 2.03 bits per heavy atom. The number of thiazole rings is 1. The van der Waals surface area contributed by atoms with Crippen molar-refractivity contribution in [2.24, 2.45) is 0 Å². The summed E-state index contributed by atoms with van der Waals surface area (Å²) in [5.41, 5.74) is -1.02. The molecule has 3 rings (SSSR count). The minimum Gasteiger partial charge on any atom is -0.461 e. The Kier molecular flexibility index (Phi) is 8.29. The van der Waals surface area contributed by atoms with E-state index in [2.05, 4.69) is 15.3 Å². The maximum absolute atomic E-state index is 14.0. The highest BCUT2D eigenvalue weighted by molar-refractivity contribution is 7.17. The van der Waals surface area contributed by atoms with Crippen molar-refractivity contribution in [1.82, 2.24) is 14.9 Å². The summed E-state index contributed by atoms with van der Waals surface area (Å²) in [6.45, 7) is 5.23. The lowest BCUT2D eigenvalue weighted by atomic mass is 10.1. The summed E-state index contributed by atoms with van der Waals surface area (Å²) in [6.07, 6.45) is -5.53. The molecule has 0 unspecified atom stereocenters. The van der Waals surface area contributed by atoms with Gasteiger partial charge in [0.15, 0.2) is 0 Å². The third-order valence-electron chi connectivity index (χ3n) is 5.63. The fourth-order valence-corrected chi connectivity index (χ4v) is 4.80. The Bertz CT molecular complexity index is 1080. The van der Waals surface area contributed by atoms with Gasteiger partial charge in [-0.15, -0.1) is 11.3 Å². The Morgan fingerprint density at radius 3 is 2.57 bits per heavy atom. The molecule has 1 saturated heterocycles. The first-order chi connectivity index (χ1) is 16.5. The van der Waals surface area contributed by atoms with Gasteiger partial charge in [-0.1, -0.05) is 6.92 Å². The van der Waals surface area contributed by atoms with Crippen LogP contribution in [0, 0.1) is 0 Å². The zero-order valence-electron chi connectivity index (χ0n) is 19.3. The zero-order chi connectivity index (χ0) is 25.9. The highest BCUT2D eigenvalue weighted by Gasteiger charge is 2.39. The molecule has 0 spiro atoms. The van der Waals surface area contributed by atoms with E-state index in [1.54, 1.807) is 11.8 Å². The number of pyridine rings is 1. The number of halogens is 5. The number of nitrogens with one attached hydrogen (secondary N) is 1. The van der Waals surface area contributed by atoms with Crippen LogP contribution in [-0.4, -0.2) is 58.2 Å². The van der Waals surface area contributed by atoms with E-state index in [0.717, 1.165) is 25.1 Å². The van der Waals surface area contributed by atoms with Crippen molar-refractivity contribution in [3.8, 4) is 10.4 Å². The van der Waals surface area contributed by atoms with Crippen LogP contribution in [0.5, 0.6) is 0 Å². The number of esters is 1. The number of likely N-dealkylation sites (tertiary alicyclic amines) is 1. The molecular weight excluding hydrogens is 495 g/mol. The summed E-state index contributed by atoms with van der Waals surface area (Å²) in [4.78, 5) is 35.1. The Balaban J connectivity index is 2.09. The van der Waals surface area contributed by atoms with Crippen molar-refractivity contribution in [1.29, 1.82) is 0 Å². The lowest BCUT2D eigenvalue weighted by Gasteiger charge is -2.22. The molecule has 0 aromatic carbocycles. The van der Waals surface area contributed by atoms with Gasteiger partial charge in [0.05, 0.1) is 11.5 Å². The third kappa shape index (κ3) is 5.88. The van der Waals surface area contributed by atoms with E-state index in [4.69, 9.17) is 4.74 Å². The van der Waals surface area contributed by atoms with Crippen molar-refractivity contribution in [2.75, 3.05) is 18.5 Å². The monoisotopic (exact) mass is 520 g/mol. The largest absolute Gasteiger partial charge is 0.461 e. The van der Waals surface area contributed by atoms with Crippen molar-refractivity contribution < 1.29 is 36.3 Å². The lowest BCUT2D eigenvalue weighted by molar-refractivity contribution is -0.142. The van der Waals surface area contributed by atoms with E-state index < -0.39 is 36.1 Å². The second kappa shape index (κ2) is 10.8. The summed E-state index contributed by atoms with van der Waals surface area (Å²) < 4.78 is 72.5. The summed E-state index contributed by atoms with van der Waals surface area (Å²) in [6, 6.07) is -1.25. The first kappa shape index (κ1) is 26.8. The number of carbonyl (C=O) groups is 2. The fourth-order valence-electron chi connectivity index (χ4n) is 3.81. The molecule has 13 heteroatoms. The molecule has 3 heterocycles. The first-order valence-electron chi connectivity index (χ1n) is 11.1. The highest BCUT2D eigenvalue weighted by atomic mass is 32.1. The average Bonchev–Trinajstić information content (AvgIpc) is 3.43. The quantitative estimate of drug-likeness (QED) is 0.355. The summed E-state index contributed by atoms with van der Waals surface area (Å²) in [5.74, 6) is -1.72. The molecule has 0 bridgehead atoms.